The fourth-order valence-electron chi connectivity index (χ4n) is 3.39. The lowest BCUT2D eigenvalue weighted by Gasteiger charge is -2.12. The van der Waals surface area contributed by atoms with Crippen molar-refractivity contribution in [3.63, 3.8) is 0 Å². The Hall–Kier alpha value is -2.18. The summed E-state index contributed by atoms with van der Waals surface area (Å²) in [5.74, 6) is -4.76. The van der Waals surface area contributed by atoms with E-state index in [1.807, 2.05) is 0 Å². The lowest BCUT2D eigenvalue weighted by Crippen LogP contribution is -2.14. The summed E-state index contributed by atoms with van der Waals surface area (Å²) >= 11 is 0. The highest BCUT2D eigenvalue weighted by atomic mass is 19.2. The maximum absolute atomic E-state index is 14.2. The zero-order valence-corrected chi connectivity index (χ0v) is 18.4. The van der Waals surface area contributed by atoms with Crippen LogP contribution in [0.3, 0.4) is 0 Å². The molecule has 0 N–H and O–H groups in total. The van der Waals surface area contributed by atoms with Crippen LogP contribution in [0.1, 0.15) is 76.3 Å². The fraction of sp³-hybridized carbons (Fsp3) is 0.500. The lowest BCUT2D eigenvalue weighted by atomic mass is 10.0. The third-order valence-electron chi connectivity index (χ3n) is 5.28. The molecule has 0 atom stereocenters. The monoisotopic (exact) mass is 438 g/mol. The number of unbranched alkanes of at least 4 members (excludes halogenated alkanes) is 6. The maximum atomic E-state index is 14.2. The van der Waals surface area contributed by atoms with E-state index >= 15 is 0 Å². The largest absolute Gasteiger partial charge is 0.576 e. The van der Waals surface area contributed by atoms with Crippen LogP contribution in [-0.2, 0) is 12.8 Å². The van der Waals surface area contributed by atoms with E-state index < -0.39 is 31.0 Å². The molecule has 2 rings (SSSR count). The van der Waals surface area contributed by atoms with E-state index in [1.54, 1.807) is 0 Å². The second-order valence-electron chi connectivity index (χ2n) is 7.73. The van der Waals surface area contributed by atoms with Gasteiger partial charge in [-0.2, -0.15) is 8.78 Å². The van der Waals surface area contributed by atoms with Crippen molar-refractivity contribution in [1.82, 2.24) is 0 Å². The molecule has 7 heteroatoms. The van der Waals surface area contributed by atoms with E-state index in [9.17, 15) is 17.6 Å². The van der Waals surface area contributed by atoms with Crippen molar-refractivity contribution >= 4 is 7.69 Å². The van der Waals surface area contributed by atoms with Crippen molar-refractivity contribution in [3.8, 4) is 11.5 Å². The van der Waals surface area contributed by atoms with Gasteiger partial charge in [0.15, 0.2) is 23.3 Å². The van der Waals surface area contributed by atoms with Crippen LogP contribution < -0.4 is 9.31 Å². The highest BCUT2D eigenvalue weighted by molar-refractivity contribution is 6.20. The third-order valence-corrected chi connectivity index (χ3v) is 5.28. The molecule has 0 aliphatic rings. The van der Waals surface area contributed by atoms with Gasteiger partial charge in [-0.05, 0) is 48.9 Å². The summed E-state index contributed by atoms with van der Waals surface area (Å²) in [6.07, 6.45) is 8.64. The minimum Gasteiger partial charge on any atom is -0.526 e. The number of halogens is 4. The van der Waals surface area contributed by atoms with Crippen molar-refractivity contribution < 1.29 is 26.9 Å². The first-order valence-corrected chi connectivity index (χ1v) is 11.2. The van der Waals surface area contributed by atoms with Crippen LogP contribution in [0.5, 0.6) is 11.5 Å². The van der Waals surface area contributed by atoms with Gasteiger partial charge in [-0.3, -0.25) is 0 Å². The van der Waals surface area contributed by atoms with Crippen LogP contribution >= 0.6 is 0 Å². The molecule has 0 heterocycles. The molecule has 0 bridgehead atoms. The molecule has 0 aromatic heterocycles. The quantitative estimate of drug-likeness (QED) is 0.176. The van der Waals surface area contributed by atoms with Crippen molar-refractivity contribution in [2.24, 2.45) is 0 Å². The Morgan fingerprint density at radius 3 is 1.39 bits per heavy atom. The Kier molecular flexibility index (Phi) is 10.7. The van der Waals surface area contributed by atoms with E-state index in [1.165, 1.54) is 24.3 Å². The average Bonchev–Trinajstić information content (AvgIpc) is 2.77. The molecular weight excluding hydrogens is 407 g/mol. The Bertz CT molecular complexity index is 762. The van der Waals surface area contributed by atoms with Crippen LogP contribution in [0.15, 0.2) is 24.3 Å². The standard InChI is InChI=1S/C24H31BF4O2/c1-3-5-7-9-11-17-13-15-19(23(28)21(17)26)30-25-31-20-16-14-18(22(27)24(20)29)12-10-8-6-4-2/h13-16,25H,3-12H2,1-2H3. The van der Waals surface area contributed by atoms with E-state index in [0.717, 1.165) is 51.4 Å². The molecule has 170 valence electrons. The summed E-state index contributed by atoms with van der Waals surface area (Å²) < 4.78 is 67.2. The molecule has 2 aromatic rings. The second-order valence-corrected chi connectivity index (χ2v) is 7.73. The van der Waals surface area contributed by atoms with Crippen LogP contribution in [0, 0.1) is 23.3 Å². The molecule has 31 heavy (non-hydrogen) atoms. The molecule has 0 aliphatic heterocycles. The van der Waals surface area contributed by atoms with Gasteiger partial charge in [-0.1, -0.05) is 64.5 Å². The summed E-state index contributed by atoms with van der Waals surface area (Å²) in [6, 6.07) is 5.61. The molecule has 0 saturated heterocycles. The van der Waals surface area contributed by atoms with Crippen molar-refractivity contribution in [2.45, 2.75) is 78.1 Å². The van der Waals surface area contributed by atoms with Crippen LogP contribution in [0.2, 0.25) is 0 Å². The summed E-state index contributed by atoms with van der Waals surface area (Å²) in [5, 5.41) is 0. The van der Waals surface area contributed by atoms with Gasteiger partial charge in [0.25, 0.3) is 0 Å². The van der Waals surface area contributed by atoms with Crippen LogP contribution in [-0.4, -0.2) is 7.69 Å². The number of hydrogen-bond acceptors (Lipinski definition) is 2. The van der Waals surface area contributed by atoms with Crippen molar-refractivity contribution in [2.75, 3.05) is 0 Å². The van der Waals surface area contributed by atoms with Gasteiger partial charge in [-0.15, -0.1) is 0 Å². The molecule has 0 amide bonds. The van der Waals surface area contributed by atoms with Gasteiger partial charge < -0.3 is 9.31 Å². The molecular formula is C24H31BF4O2. The molecule has 2 nitrogen and oxygen atoms in total. The predicted molar refractivity (Wildman–Crippen MR) is 117 cm³/mol. The second kappa shape index (κ2) is 13.3. The van der Waals surface area contributed by atoms with Crippen molar-refractivity contribution in [1.29, 1.82) is 0 Å². The Morgan fingerprint density at radius 1 is 0.581 bits per heavy atom. The highest BCUT2D eigenvalue weighted by Crippen LogP contribution is 2.26. The smallest absolute Gasteiger partial charge is 0.526 e. The van der Waals surface area contributed by atoms with Crippen LogP contribution in [0.4, 0.5) is 17.6 Å². The van der Waals surface area contributed by atoms with Gasteiger partial charge >= 0.3 is 7.69 Å². The van der Waals surface area contributed by atoms with Crippen LogP contribution in [0.25, 0.3) is 0 Å². The van der Waals surface area contributed by atoms with E-state index in [2.05, 4.69) is 13.8 Å². The summed E-state index contributed by atoms with van der Waals surface area (Å²) in [5.41, 5.74) is 0.592. The first kappa shape index (κ1) is 25.1. The number of hydrogen-bond donors (Lipinski definition) is 0. The lowest BCUT2D eigenvalue weighted by molar-refractivity contribution is 0.396. The topological polar surface area (TPSA) is 18.5 Å². The van der Waals surface area contributed by atoms with Gasteiger partial charge in [0.1, 0.15) is 11.5 Å². The zero-order chi connectivity index (χ0) is 22.6. The summed E-state index contributed by atoms with van der Waals surface area (Å²) in [4.78, 5) is 0. The average molecular weight is 438 g/mol. The summed E-state index contributed by atoms with van der Waals surface area (Å²) in [7, 11) is -0.571. The maximum Gasteiger partial charge on any atom is 0.576 e. The van der Waals surface area contributed by atoms with E-state index in [0.29, 0.717) is 24.0 Å². The first-order valence-electron chi connectivity index (χ1n) is 11.2. The minimum atomic E-state index is -1.11. The normalized spacial score (nSPS) is 10.9. The predicted octanol–water partition coefficient (Wildman–Crippen LogP) is 7.21. The Balaban J connectivity index is 1.91. The SMILES string of the molecule is CCCCCCc1ccc(OBOc2ccc(CCCCCC)c(F)c2F)c(F)c1F. The highest BCUT2D eigenvalue weighted by Gasteiger charge is 2.17. The third kappa shape index (κ3) is 7.48. The van der Waals surface area contributed by atoms with Gasteiger partial charge in [0.05, 0.1) is 0 Å². The number of aryl methyl sites for hydroxylation is 2. The molecule has 2 aromatic carbocycles. The van der Waals surface area contributed by atoms with E-state index in [-0.39, 0.29) is 11.5 Å². The molecule has 0 radical (unpaired) electrons. The fourth-order valence-corrected chi connectivity index (χ4v) is 3.39. The minimum absolute atomic E-state index is 0.296. The zero-order valence-electron chi connectivity index (χ0n) is 18.4. The molecule has 0 unspecified atom stereocenters. The number of rotatable bonds is 14. The number of benzene rings is 2. The van der Waals surface area contributed by atoms with E-state index in [4.69, 9.17) is 9.31 Å². The Morgan fingerprint density at radius 2 is 1.00 bits per heavy atom. The first-order chi connectivity index (χ1) is 15.0. The molecule has 0 fully saturated rings. The van der Waals surface area contributed by atoms with Crippen molar-refractivity contribution in [3.05, 3.63) is 58.7 Å². The summed E-state index contributed by atoms with van der Waals surface area (Å²) in [6.45, 7) is 4.16. The molecule has 0 spiro atoms. The Labute approximate surface area is 183 Å². The molecule has 0 aliphatic carbocycles. The van der Waals surface area contributed by atoms with Gasteiger partial charge in [0.2, 0.25) is 0 Å². The molecule has 0 saturated carbocycles. The van der Waals surface area contributed by atoms with Gasteiger partial charge in [-0.25, -0.2) is 8.78 Å². The van der Waals surface area contributed by atoms with Gasteiger partial charge in [0, 0.05) is 0 Å².